The highest BCUT2D eigenvalue weighted by Gasteiger charge is 2.47. The number of anilines is 1. The van der Waals surface area contributed by atoms with Gasteiger partial charge in [0.1, 0.15) is 23.8 Å². The lowest BCUT2D eigenvalue weighted by molar-refractivity contribution is -0.0658. The van der Waals surface area contributed by atoms with Crippen LogP contribution in [-0.4, -0.2) is 71.8 Å². The number of nitrogen functional groups attached to an aromatic ring is 1. The summed E-state index contributed by atoms with van der Waals surface area (Å²) in [6.45, 7) is -0.774. The maximum atomic E-state index is 12.2. The Balaban J connectivity index is 1.66. The molecule has 1 unspecified atom stereocenters. The number of hydrogen-bond acceptors (Lipinski definition) is 11. The summed E-state index contributed by atoms with van der Waals surface area (Å²) in [6.07, 6.45) is -2.01. The van der Waals surface area contributed by atoms with Crippen LogP contribution in [0.4, 0.5) is 5.69 Å². The number of phosphoric ester groups is 1. The van der Waals surface area contributed by atoms with Crippen LogP contribution >= 0.6 is 15.6 Å². The molecule has 1 aliphatic heterocycles. The van der Waals surface area contributed by atoms with Crippen LogP contribution < -0.4 is 11.3 Å². The van der Waals surface area contributed by atoms with Crippen molar-refractivity contribution in [3.63, 3.8) is 0 Å². The van der Waals surface area contributed by atoms with Gasteiger partial charge in [-0.05, 0) is 6.07 Å². The van der Waals surface area contributed by atoms with Crippen LogP contribution in [0, 0.1) is 0 Å². The molecule has 3 heterocycles. The first-order chi connectivity index (χ1) is 15.4. The van der Waals surface area contributed by atoms with Gasteiger partial charge in [0, 0.05) is 29.8 Å². The van der Waals surface area contributed by atoms with E-state index in [-0.39, 0.29) is 16.6 Å². The molecule has 1 saturated heterocycles. The minimum absolute atomic E-state index is 0.278. The molecular formula is C15H19N5O11P2. The number of phosphoric acid groups is 2. The average Bonchev–Trinajstić information content (AvgIpc) is 3.15. The molecule has 18 heteroatoms. The maximum Gasteiger partial charge on any atom is 0.481 e. The highest BCUT2D eigenvalue weighted by atomic mass is 31.3. The molecule has 2 aromatic heterocycles. The van der Waals surface area contributed by atoms with Crippen molar-refractivity contribution in [1.29, 1.82) is 0 Å². The number of methoxy groups -OCH3 is 1. The van der Waals surface area contributed by atoms with E-state index in [0.717, 1.165) is 0 Å². The molecule has 0 bridgehead atoms. The molecule has 180 valence electrons. The molecule has 33 heavy (non-hydrogen) atoms. The Morgan fingerprint density at radius 1 is 1.30 bits per heavy atom. The number of aromatic amines is 1. The summed E-state index contributed by atoms with van der Waals surface area (Å²) < 4.78 is 43.0. The van der Waals surface area contributed by atoms with Crippen LogP contribution in [0.25, 0.3) is 21.7 Å². The van der Waals surface area contributed by atoms with Crippen molar-refractivity contribution in [3.8, 4) is 0 Å². The Morgan fingerprint density at radius 2 is 2.03 bits per heavy atom. The Labute approximate surface area is 183 Å². The van der Waals surface area contributed by atoms with Gasteiger partial charge in [-0.2, -0.15) is 14.5 Å². The number of nitrogens with one attached hydrogen (secondary N) is 1. The van der Waals surface area contributed by atoms with Crippen molar-refractivity contribution >= 4 is 43.0 Å². The van der Waals surface area contributed by atoms with Gasteiger partial charge in [-0.25, -0.2) is 18.9 Å². The average molecular weight is 507 g/mol. The summed E-state index contributed by atoms with van der Waals surface area (Å²) >= 11 is 0. The van der Waals surface area contributed by atoms with E-state index in [4.69, 9.17) is 25.0 Å². The van der Waals surface area contributed by atoms with E-state index in [1.54, 1.807) is 0 Å². The third-order valence-corrected chi connectivity index (χ3v) is 7.10. The van der Waals surface area contributed by atoms with Crippen LogP contribution in [0.2, 0.25) is 0 Å². The fourth-order valence-corrected chi connectivity index (χ4v) is 5.21. The molecule has 3 aromatic rings. The molecule has 0 spiro atoms. The number of aliphatic hydroxyl groups excluding tert-OH is 1. The van der Waals surface area contributed by atoms with E-state index in [2.05, 4.69) is 24.1 Å². The second kappa shape index (κ2) is 8.52. The van der Waals surface area contributed by atoms with Crippen molar-refractivity contribution in [2.24, 2.45) is 0 Å². The van der Waals surface area contributed by atoms with Gasteiger partial charge >= 0.3 is 15.6 Å². The van der Waals surface area contributed by atoms with Crippen LogP contribution in [0.3, 0.4) is 0 Å². The monoisotopic (exact) mass is 507 g/mol. The summed E-state index contributed by atoms with van der Waals surface area (Å²) in [5.74, 6) is 0. The van der Waals surface area contributed by atoms with Gasteiger partial charge in [0.05, 0.1) is 18.2 Å². The van der Waals surface area contributed by atoms with Crippen molar-refractivity contribution in [3.05, 3.63) is 28.8 Å². The zero-order chi connectivity index (χ0) is 24.1. The SMILES string of the molecule is CO[C@@H]1[C@H](O)[C@@H](COP(=O)(O)OP(=O)(O)O)O[C@H]1n1cc2c(N)cc3c(=O)[nH]ncc(n1)c23. The summed E-state index contributed by atoms with van der Waals surface area (Å²) in [7, 11) is -9.18. The number of aliphatic hydroxyl groups is 1. The lowest BCUT2D eigenvalue weighted by Crippen LogP contribution is -2.35. The molecule has 0 radical (unpaired) electrons. The number of nitrogens with zero attached hydrogens (tertiary/aromatic N) is 3. The molecule has 1 aromatic carbocycles. The van der Waals surface area contributed by atoms with Gasteiger partial charge in [-0.3, -0.25) is 9.32 Å². The third-order valence-electron chi connectivity index (χ3n) is 4.94. The maximum absolute atomic E-state index is 12.2. The fraction of sp³-hybridized carbons (Fsp3) is 0.400. The number of nitrogens with two attached hydrogens (primary N) is 1. The zero-order valence-corrected chi connectivity index (χ0v) is 18.5. The lowest BCUT2D eigenvalue weighted by atomic mass is 10.1. The molecule has 7 N–H and O–H groups in total. The second-order valence-corrected chi connectivity index (χ2v) is 9.92. The van der Waals surface area contributed by atoms with E-state index in [0.29, 0.717) is 10.8 Å². The number of rotatable bonds is 7. The van der Waals surface area contributed by atoms with Crippen LogP contribution in [-0.2, 0) is 27.4 Å². The van der Waals surface area contributed by atoms with Gasteiger partial charge in [-0.1, -0.05) is 0 Å². The Hall–Kier alpha value is -2.23. The van der Waals surface area contributed by atoms with Crippen molar-refractivity contribution in [2.75, 3.05) is 19.5 Å². The molecule has 16 nitrogen and oxygen atoms in total. The number of hydrogen-bond donors (Lipinski definition) is 6. The Kier molecular flexibility index (Phi) is 6.18. The van der Waals surface area contributed by atoms with Gasteiger partial charge in [0.15, 0.2) is 6.23 Å². The van der Waals surface area contributed by atoms with E-state index < -0.39 is 52.4 Å². The predicted octanol–water partition coefficient (Wildman–Crippen LogP) is -0.645. The minimum atomic E-state index is -5.31. The normalized spacial score (nSPS) is 25.6. The summed E-state index contributed by atoms with van der Waals surface area (Å²) in [5, 5.41) is 22.3. The van der Waals surface area contributed by atoms with Crippen molar-refractivity contribution in [2.45, 2.75) is 24.5 Å². The molecule has 5 atom stereocenters. The zero-order valence-electron chi connectivity index (χ0n) is 16.7. The molecule has 0 saturated carbocycles. The van der Waals surface area contributed by atoms with Crippen molar-refractivity contribution < 1.29 is 47.2 Å². The standard InChI is InChI=1S/C15H19N5O11P2/c1-28-13-12(21)10(5-29-33(26,27)31-32(23,24)25)30-15(13)20-4-7-8(16)2-6-11(7)9(19-20)3-17-18-14(6)22/h2-4,10,12-13,15,21H,5,16H2,1H3,(H,18,22)(H,26,27)(H2,23,24,25)/t10-,12-,13-,15-/m1/s1. The van der Waals surface area contributed by atoms with Crippen LogP contribution in [0.5, 0.6) is 0 Å². The van der Waals surface area contributed by atoms with E-state index in [1.807, 2.05) is 0 Å². The highest BCUT2D eigenvalue weighted by molar-refractivity contribution is 7.60. The van der Waals surface area contributed by atoms with E-state index in [1.165, 1.54) is 30.3 Å². The molecule has 1 aliphatic rings. The van der Waals surface area contributed by atoms with E-state index in [9.17, 15) is 23.9 Å². The van der Waals surface area contributed by atoms with Crippen molar-refractivity contribution in [1.82, 2.24) is 20.0 Å². The smallest absolute Gasteiger partial charge is 0.398 e. The first-order valence-electron chi connectivity index (χ1n) is 9.15. The molecule has 0 amide bonds. The highest BCUT2D eigenvalue weighted by Crippen LogP contribution is 2.57. The minimum Gasteiger partial charge on any atom is -0.398 e. The summed E-state index contributed by atoms with van der Waals surface area (Å²) in [4.78, 5) is 39.0. The number of aromatic nitrogens is 4. The number of ether oxygens (including phenoxy) is 2. The molecule has 4 rings (SSSR count). The Bertz CT molecular complexity index is 1350. The van der Waals surface area contributed by atoms with Crippen LogP contribution in [0.1, 0.15) is 6.23 Å². The molecular weight excluding hydrogens is 488 g/mol. The van der Waals surface area contributed by atoms with Gasteiger partial charge < -0.3 is 35.0 Å². The largest absolute Gasteiger partial charge is 0.481 e. The van der Waals surface area contributed by atoms with Gasteiger partial charge in [0.25, 0.3) is 5.56 Å². The van der Waals surface area contributed by atoms with Crippen LogP contribution in [0.15, 0.2) is 23.3 Å². The first-order valence-corrected chi connectivity index (χ1v) is 12.2. The Morgan fingerprint density at radius 3 is 2.70 bits per heavy atom. The van der Waals surface area contributed by atoms with E-state index >= 15 is 0 Å². The lowest BCUT2D eigenvalue weighted by Gasteiger charge is -2.20. The second-order valence-electron chi connectivity index (χ2n) is 7.09. The fourth-order valence-electron chi connectivity index (χ4n) is 3.61. The summed E-state index contributed by atoms with van der Waals surface area (Å²) in [6, 6.07) is 1.47. The molecule has 1 fully saturated rings. The quantitative estimate of drug-likeness (QED) is 0.218. The number of H-pyrrole nitrogens is 1. The van der Waals surface area contributed by atoms with Gasteiger partial charge in [0.2, 0.25) is 0 Å². The first kappa shape index (κ1) is 23.9. The molecule has 0 aliphatic carbocycles. The third kappa shape index (κ3) is 4.72. The topological polar surface area (TPSA) is 242 Å². The van der Waals surface area contributed by atoms with Gasteiger partial charge in [-0.15, -0.1) is 0 Å². The predicted molar refractivity (Wildman–Crippen MR) is 110 cm³/mol. The summed E-state index contributed by atoms with van der Waals surface area (Å²) in [5.41, 5.74) is 6.15.